The molecule has 0 fully saturated rings. The zero-order valence-electron chi connectivity index (χ0n) is 9.62. The fourth-order valence-corrected chi connectivity index (χ4v) is 1.74. The van der Waals surface area contributed by atoms with Crippen molar-refractivity contribution < 1.29 is 19.9 Å². The molecule has 1 aromatic rings. The van der Waals surface area contributed by atoms with Crippen LogP contribution < -0.4 is 0 Å². The molecule has 1 aromatic heterocycles. The highest BCUT2D eigenvalue weighted by molar-refractivity contribution is 5.74. The Morgan fingerprint density at radius 3 is 2.59 bits per heavy atom. The molecular formula is C9H13N3O5. The van der Waals surface area contributed by atoms with Gasteiger partial charge >= 0.3 is 11.7 Å². The number of rotatable bonds is 4. The Labute approximate surface area is 96.6 Å². The molecule has 0 bridgehead atoms. The summed E-state index contributed by atoms with van der Waals surface area (Å²) in [5, 5.41) is 32.9. The van der Waals surface area contributed by atoms with Crippen LogP contribution in [0.3, 0.4) is 0 Å². The molecule has 0 saturated heterocycles. The van der Waals surface area contributed by atoms with Gasteiger partial charge in [-0.3, -0.25) is 14.8 Å². The Balaban J connectivity index is 3.36. The lowest BCUT2D eigenvalue weighted by Crippen LogP contribution is -2.41. The van der Waals surface area contributed by atoms with Gasteiger partial charge in [-0.2, -0.15) is 5.10 Å². The van der Waals surface area contributed by atoms with Gasteiger partial charge in [-0.05, 0) is 0 Å². The lowest BCUT2D eigenvalue weighted by molar-refractivity contribution is -0.386. The molecule has 8 heteroatoms. The smallest absolute Gasteiger partial charge is 0.333 e. The van der Waals surface area contributed by atoms with Crippen molar-refractivity contribution in [2.45, 2.75) is 25.4 Å². The van der Waals surface area contributed by atoms with E-state index in [1.54, 1.807) is 0 Å². The van der Waals surface area contributed by atoms with E-state index in [-0.39, 0.29) is 11.4 Å². The van der Waals surface area contributed by atoms with E-state index in [2.05, 4.69) is 5.10 Å². The third-order valence-corrected chi connectivity index (χ3v) is 2.64. The molecule has 0 radical (unpaired) electrons. The molecule has 0 saturated carbocycles. The van der Waals surface area contributed by atoms with Crippen LogP contribution in [0.5, 0.6) is 0 Å². The molecule has 0 aliphatic carbocycles. The highest BCUT2D eigenvalue weighted by atomic mass is 16.6. The van der Waals surface area contributed by atoms with E-state index < -0.39 is 22.4 Å². The summed E-state index contributed by atoms with van der Waals surface area (Å²) in [5.41, 5.74) is -1.56. The van der Waals surface area contributed by atoms with Gasteiger partial charge in [0.15, 0.2) is 6.10 Å². The Morgan fingerprint density at radius 1 is 1.65 bits per heavy atom. The van der Waals surface area contributed by atoms with E-state index >= 15 is 0 Å². The summed E-state index contributed by atoms with van der Waals surface area (Å²) in [6.07, 6.45) is -0.720. The number of nitrogens with zero attached hydrogens (tertiary/aromatic N) is 3. The maximum atomic E-state index is 10.8. The number of aryl methyl sites for hydroxylation is 1. The van der Waals surface area contributed by atoms with E-state index in [0.29, 0.717) is 0 Å². The lowest BCUT2D eigenvalue weighted by Gasteiger charge is -2.26. The summed E-state index contributed by atoms with van der Waals surface area (Å²) in [7, 11) is 1.46. The van der Waals surface area contributed by atoms with Crippen LogP contribution >= 0.6 is 0 Å². The van der Waals surface area contributed by atoms with Crippen LogP contribution in [-0.4, -0.2) is 37.0 Å². The van der Waals surface area contributed by atoms with E-state index in [0.717, 1.165) is 6.20 Å². The molecule has 1 heterocycles. The van der Waals surface area contributed by atoms with Crippen LogP contribution in [0.15, 0.2) is 6.20 Å². The van der Waals surface area contributed by atoms with Crippen molar-refractivity contribution in [1.29, 1.82) is 0 Å². The van der Waals surface area contributed by atoms with Crippen molar-refractivity contribution in [3.8, 4) is 0 Å². The number of aromatic nitrogens is 2. The quantitative estimate of drug-likeness (QED) is 0.569. The zero-order chi connectivity index (χ0) is 13.4. The molecule has 94 valence electrons. The molecule has 0 aliphatic heterocycles. The van der Waals surface area contributed by atoms with Crippen LogP contribution in [0.2, 0.25) is 0 Å². The molecule has 0 aliphatic rings. The average Bonchev–Trinajstić information content (AvgIpc) is 2.59. The molecule has 0 amide bonds. The van der Waals surface area contributed by atoms with Crippen LogP contribution in [0.25, 0.3) is 0 Å². The van der Waals surface area contributed by atoms with Gasteiger partial charge in [0.1, 0.15) is 11.9 Å². The molecule has 1 rings (SSSR count). The summed E-state index contributed by atoms with van der Waals surface area (Å²) in [5.74, 6) is -1.44. The maximum absolute atomic E-state index is 10.8. The van der Waals surface area contributed by atoms with Crippen molar-refractivity contribution in [1.82, 2.24) is 9.78 Å². The summed E-state index contributed by atoms with van der Waals surface area (Å²) >= 11 is 0. The second-order valence-electron chi connectivity index (χ2n) is 4.22. The molecule has 1 unspecified atom stereocenters. The zero-order valence-corrected chi connectivity index (χ0v) is 9.62. The first-order valence-electron chi connectivity index (χ1n) is 4.77. The average molecular weight is 243 g/mol. The predicted molar refractivity (Wildman–Crippen MR) is 56.5 cm³/mol. The molecule has 1 atom stereocenters. The number of aliphatic hydroxyl groups is 1. The summed E-state index contributed by atoms with van der Waals surface area (Å²) in [4.78, 5) is 20.9. The standard InChI is InChI=1S/C9H13N3O5/c1-9(2,7(13)8(14)15)6-5(12(16)17)4-10-11(6)3/h4,7,13H,1-3H3,(H,14,15). The summed E-state index contributed by atoms with van der Waals surface area (Å²) in [6, 6.07) is 0. The van der Waals surface area contributed by atoms with Gasteiger partial charge in [-0.25, -0.2) is 4.79 Å². The van der Waals surface area contributed by atoms with Crippen molar-refractivity contribution in [3.05, 3.63) is 22.0 Å². The second-order valence-corrected chi connectivity index (χ2v) is 4.22. The van der Waals surface area contributed by atoms with Gasteiger partial charge in [0.2, 0.25) is 0 Å². The predicted octanol–water partition coefficient (Wildman–Crippen LogP) is 0.0514. The van der Waals surface area contributed by atoms with Crippen LogP contribution in [-0.2, 0) is 17.3 Å². The van der Waals surface area contributed by atoms with Crippen LogP contribution in [0, 0.1) is 10.1 Å². The third-order valence-electron chi connectivity index (χ3n) is 2.64. The molecule has 17 heavy (non-hydrogen) atoms. The monoisotopic (exact) mass is 243 g/mol. The highest BCUT2D eigenvalue weighted by Gasteiger charge is 2.42. The van der Waals surface area contributed by atoms with Crippen LogP contribution in [0.1, 0.15) is 19.5 Å². The van der Waals surface area contributed by atoms with E-state index in [1.165, 1.54) is 25.6 Å². The minimum Gasteiger partial charge on any atom is -0.479 e. The van der Waals surface area contributed by atoms with Gasteiger partial charge < -0.3 is 10.2 Å². The lowest BCUT2D eigenvalue weighted by atomic mass is 9.82. The number of carboxylic acids is 1. The first-order chi connectivity index (χ1) is 7.69. The first-order valence-corrected chi connectivity index (χ1v) is 4.77. The number of aliphatic carboxylic acids is 1. The second kappa shape index (κ2) is 4.13. The molecule has 0 aromatic carbocycles. The number of hydrogen-bond donors (Lipinski definition) is 2. The topological polar surface area (TPSA) is 118 Å². The third kappa shape index (κ3) is 2.11. The van der Waals surface area contributed by atoms with E-state index in [4.69, 9.17) is 5.11 Å². The maximum Gasteiger partial charge on any atom is 0.333 e. The fourth-order valence-electron chi connectivity index (χ4n) is 1.74. The normalized spacial score (nSPS) is 13.4. The van der Waals surface area contributed by atoms with E-state index in [9.17, 15) is 20.0 Å². The molecule has 0 spiro atoms. The number of carboxylic acid groups (broad SMARTS) is 1. The van der Waals surface area contributed by atoms with Crippen molar-refractivity contribution in [2.24, 2.45) is 7.05 Å². The Morgan fingerprint density at radius 2 is 2.18 bits per heavy atom. The van der Waals surface area contributed by atoms with Gasteiger partial charge in [0, 0.05) is 7.05 Å². The van der Waals surface area contributed by atoms with Crippen LogP contribution in [0.4, 0.5) is 5.69 Å². The van der Waals surface area contributed by atoms with Crippen molar-refractivity contribution in [2.75, 3.05) is 0 Å². The number of aliphatic hydroxyl groups excluding tert-OH is 1. The molecule has 8 nitrogen and oxygen atoms in total. The summed E-state index contributed by atoms with van der Waals surface area (Å²) < 4.78 is 1.20. The molecular weight excluding hydrogens is 230 g/mol. The Bertz CT molecular complexity index is 465. The summed E-state index contributed by atoms with van der Waals surface area (Å²) in [6.45, 7) is 2.82. The van der Waals surface area contributed by atoms with Crippen molar-refractivity contribution >= 4 is 11.7 Å². The largest absolute Gasteiger partial charge is 0.479 e. The van der Waals surface area contributed by atoms with Gasteiger partial charge in [0.25, 0.3) is 0 Å². The molecule has 2 N–H and O–H groups in total. The minimum atomic E-state index is -1.75. The van der Waals surface area contributed by atoms with Gasteiger partial charge in [-0.15, -0.1) is 0 Å². The number of carbonyl (C=O) groups is 1. The van der Waals surface area contributed by atoms with E-state index in [1.807, 2.05) is 0 Å². The fraction of sp³-hybridized carbons (Fsp3) is 0.556. The number of nitro groups is 1. The highest BCUT2D eigenvalue weighted by Crippen LogP contribution is 2.33. The van der Waals surface area contributed by atoms with Gasteiger partial charge in [0.05, 0.1) is 10.3 Å². The minimum absolute atomic E-state index is 0.0670. The number of hydrogen-bond acceptors (Lipinski definition) is 5. The Kier molecular flexibility index (Phi) is 3.18. The van der Waals surface area contributed by atoms with Gasteiger partial charge in [-0.1, -0.05) is 13.8 Å². The first kappa shape index (κ1) is 13.1. The SMILES string of the molecule is Cn1ncc([N+](=O)[O-])c1C(C)(C)C(O)C(=O)O. The van der Waals surface area contributed by atoms with Crippen molar-refractivity contribution in [3.63, 3.8) is 0 Å². The Hall–Kier alpha value is -1.96.